The molecule has 0 aromatic carbocycles. The summed E-state index contributed by atoms with van der Waals surface area (Å²) >= 11 is 0. The Kier molecular flexibility index (Phi) is 3.44. The van der Waals surface area contributed by atoms with Gasteiger partial charge in [-0.1, -0.05) is 0 Å². The molecule has 1 N–H and O–H groups in total. The van der Waals surface area contributed by atoms with E-state index in [1.54, 1.807) is 6.26 Å². The molecule has 0 aliphatic carbocycles. The minimum atomic E-state index is 0.680. The lowest BCUT2D eigenvalue weighted by molar-refractivity contribution is 0.223. The van der Waals surface area contributed by atoms with E-state index >= 15 is 0 Å². The first-order valence-corrected chi connectivity index (χ1v) is 5.73. The lowest BCUT2D eigenvalue weighted by Gasteiger charge is -2.23. The molecule has 1 saturated heterocycles. The van der Waals surface area contributed by atoms with Crippen LogP contribution >= 0.6 is 0 Å². The van der Waals surface area contributed by atoms with E-state index in [1.807, 2.05) is 13.1 Å². The molecule has 1 atom stereocenters. The number of nitrogens with zero attached hydrogens (tertiary/aromatic N) is 1. The fraction of sp³-hybridized carbons (Fsp3) is 0.667. The molecule has 3 heteroatoms. The van der Waals surface area contributed by atoms with Crippen LogP contribution in [0.2, 0.25) is 0 Å². The van der Waals surface area contributed by atoms with Crippen molar-refractivity contribution >= 4 is 0 Å². The fourth-order valence-electron chi connectivity index (χ4n) is 2.32. The molecule has 0 saturated carbocycles. The number of aryl methyl sites for hydroxylation is 1. The molecule has 3 nitrogen and oxygen atoms in total. The molecule has 0 bridgehead atoms. The van der Waals surface area contributed by atoms with Crippen LogP contribution in [-0.2, 0) is 6.54 Å². The van der Waals surface area contributed by atoms with Crippen molar-refractivity contribution in [2.75, 3.05) is 20.1 Å². The Morgan fingerprint density at radius 2 is 2.47 bits per heavy atom. The summed E-state index contributed by atoms with van der Waals surface area (Å²) in [7, 11) is 2.02. The second-order valence-electron chi connectivity index (χ2n) is 4.35. The molecule has 2 heterocycles. The van der Waals surface area contributed by atoms with Crippen LogP contribution in [0, 0.1) is 6.92 Å². The van der Waals surface area contributed by atoms with Crippen LogP contribution in [0.4, 0.5) is 0 Å². The molecule has 1 unspecified atom stereocenters. The van der Waals surface area contributed by atoms with E-state index in [9.17, 15) is 0 Å². The van der Waals surface area contributed by atoms with Gasteiger partial charge >= 0.3 is 0 Å². The van der Waals surface area contributed by atoms with Gasteiger partial charge in [0.25, 0.3) is 0 Å². The van der Waals surface area contributed by atoms with Gasteiger partial charge in [-0.25, -0.2) is 0 Å². The Bertz CT molecular complexity index is 308. The quantitative estimate of drug-likeness (QED) is 0.817. The predicted octanol–water partition coefficient (Wildman–Crippen LogP) is 1.77. The molecule has 2 rings (SSSR count). The van der Waals surface area contributed by atoms with Gasteiger partial charge in [0.05, 0.1) is 12.8 Å². The number of hydrogen-bond donors (Lipinski definition) is 1. The van der Waals surface area contributed by atoms with Gasteiger partial charge in [0, 0.05) is 12.6 Å². The van der Waals surface area contributed by atoms with Crippen LogP contribution in [0.25, 0.3) is 0 Å². The van der Waals surface area contributed by atoms with Crippen LogP contribution in [0.5, 0.6) is 0 Å². The third kappa shape index (κ3) is 2.41. The Morgan fingerprint density at radius 1 is 1.60 bits per heavy atom. The highest BCUT2D eigenvalue weighted by molar-refractivity contribution is 5.14. The summed E-state index contributed by atoms with van der Waals surface area (Å²) in [6.07, 6.45) is 4.40. The van der Waals surface area contributed by atoms with Crippen LogP contribution < -0.4 is 5.32 Å². The second-order valence-corrected chi connectivity index (χ2v) is 4.35. The molecule has 0 amide bonds. The average Bonchev–Trinajstić information content (AvgIpc) is 2.80. The molecule has 1 aliphatic heterocycles. The first kappa shape index (κ1) is 10.7. The zero-order valence-electron chi connectivity index (χ0n) is 9.62. The van der Waals surface area contributed by atoms with E-state index in [1.165, 1.54) is 24.9 Å². The molecular weight excluding hydrogens is 188 g/mol. The van der Waals surface area contributed by atoms with E-state index in [0.717, 1.165) is 18.8 Å². The van der Waals surface area contributed by atoms with E-state index in [0.29, 0.717) is 6.04 Å². The molecular formula is C12H20N2O. The third-order valence-corrected chi connectivity index (χ3v) is 3.25. The highest BCUT2D eigenvalue weighted by atomic mass is 16.3. The molecule has 84 valence electrons. The maximum absolute atomic E-state index is 5.49. The van der Waals surface area contributed by atoms with Gasteiger partial charge < -0.3 is 9.73 Å². The zero-order valence-corrected chi connectivity index (χ0v) is 9.62. The van der Waals surface area contributed by atoms with E-state index in [2.05, 4.69) is 17.1 Å². The Hall–Kier alpha value is -0.800. The number of hydrogen-bond acceptors (Lipinski definition) is 3. The van der Waals surface area contributed by atoms with Gasteiger partial charge in [0.1, 0.15) is 5.76 Å². The number of rotatable bonds is 4. The van der Waals surface area contributed by atoms with Crippen LogP contribution in [0.3, 0.4) is 0 Å². The lowest BCUT2D eigenvalue weighted by Crippen LogP contribution is -2.36. The van der Waals surface area contributed by atoms with Gasteiger partial charge in [-0.3, -0.25) is 4.90 Å². The summed E-state index contributed by atoms with van der Waals surface area (Å²) in [6.45, 7) is 5.36. The highest BCUT2D eigenvalue weighted by Gasteiger charge is 2.24. The van der Waals surface area contributed by atoms with Gasteiger partial charge in [-0.15, -0.1) is 0 Å². The van der Waals surface area contributed by atoms with Crippen molar-refractivity contribution in [3.63, 3.8) is 0 Å². The maximum atomic E-state index is 5.49. The number of likely N-dealkylation sites (N-methyl/N-ethyl adjacent to an activating group) is 1. The number of nitrogens with one attached hydrogen (secondary N) is 1. The van der Waals surface area contributed by atoms with Gasteiger partial charge in [0.15, 0.2) is 0 Å². The van der Waals surface area contributed by atoms with Crippen molar-refractivity contribution in [1.82, 2.24) is 10.2 Å². The minimum Gasteiger partial charge on any atom is -0.468 e. The Balaban J connectivity index is 1.96. The number of likely N-dealkylation sites (tertiary alicyclic amines) is 1. The van der Waals surface area contributed by atoms with Gasteiger partial charge in [0.2, 0.25) is 0 Å². The highest BCUT2D eigenvalue weighted by Crippen LogP contribution is 2.21. The summed E-state index contributed by atoms with van der Waals surface area (Å²) in [6, 6.07) is 2.72. The summed E-state index contributed by atoms with van der Waals surface area (Å²) in [5.41, 5.74) is 1.27. The summed E-state index contributed by atoms with van der Waals surface area (Å²) < 4.78 is 5.49. The van der Waals surface area contributed by atoms with Crippen LogP contribution in [-0.4, -0.2) is 31.1 Å². The second kappa shape index (κ2) is 4.81. The molecule has 0 spiro atoms. The molecule has 15 heavy (non-hydrogen) atoms. The molecule has 1 aliphatic rings. The largest absolute Gasteiger partial charge is 0.468 e. The normalized spacial score (nSPS) is 22.4. The Morgan fingerprint density at radius 3 is 3.13 bits per heavy atom. The first-order chi connectivity index (χ1) is 7.31. The topological polar surface area (TPSA) is 28.4 Å². The standard InChI is InChI=1S/C12H20N2O/c1-10-5-7-15-12(10)9-14-6-3-4-11(14)8-13-2/h5,7,11,13H,3-4,6,8-9H2,1-2H3. The average molecular weight is 208 g/mol. The molecule has 1 aromatic rings. The van der Waals surface area contributed by atoms with Crippen molar-refractivity contribution in [2.24, 2.45) is 0 Å². The smallest absolute Gasteiger partial charge is 0.120 e. The minimum absolute atomic E-state index is 0.680. The summed E-state index contributed by atoms with van der Waals surface area (Å²) in [4.78, 5) is 2.52. The molecule has 1 fully saturated rings. The van der Waals surface area contributed by atoms with Gasteiger partial charge in [-0.2, -0.15) is 0 Å². The third-order valence-electron chi connectivity index (χ3n) is 3.25. The molecule has 0 radical (unpaired) electrons. The monoisotopic (exact) mass is 208 g/mol. The van der Waals surface area contributed by atoms with Crippen molar-refractivity contribution < 1.29 is 4.42 Å². The van der Waals surface area contributed by atoms with Crippen molar-refractivity contribution in [2.45, 2.75) is 32.4 Å². The van der Waals surface area contributed by atoms with Crippen molar-refractivity contribution in [3.05, 3.63) is 23.7 Å². The zero-order chi connectivity index (χ0) is 10.7. The predicted molar refractivity (Wildman–Crippen MR) is 60.8 cm³/mol. The van der Waals surface area contributed by atoms with Gasteiger partial charge in [-0.05, 0) is 45.0 Å². The van der Waals surface area contributed by atoms with E-state index in [4.69, 9.17) is 4.42 Å². The maximum Gasteiger partial charge on any atom is 0.120 e. The summed E-state index contributed by atoms with van der Waals surface area (Å²) in [5.74, 6) is 1.12. The Labute approximate surface area is 91.4 Å². The number of furan rings is 1. The molecule has 1 aromatic heterocycles. The van der Waals surface area contributed by atoms with Crippen LogP contribution in [0.1, 0.15) is 24.2 Å². The summed E-state index contributed by atoms with van der Waals surface area (Å²) in [5, 5.41) is 3.26. The van der Waals surface area contributed by atoms with E-state index < -0.39 is 0 Å². The fourth-order valence-corrected chi connectivity index (χ4v) is 2.32. The lowest BCUT2D eigenvalue weighted by atomic mass is 10.2. The van der Waals surface area contributed by atoms with Crippen LogP contribution in [0.15, 0.2) is 16.7 Å². The van der Waals surface area contributed by atoms with Crippen molar-refractivity contribution in [3.8, 4) is 0 Å². The van der Waals surface area contributed by atoms with E-state index in [-0.39, 0.29) is 0 Å². The van der Waals surface area contributed by atoms with Crippen molar-refractivity contribution in [1.29, 1.82) is 0 Å². The SMILES string of the molecule is CNCC1CCCN1Cc1occc1C. The first-order valence-electron chi connectivity index (χ1n) is 5.73.